The minimum absolute atomic E-state index is 0.113. The van der Waals surface area contributed by atoms with Crippen molar-refractivity contribution in [1.82, 2.24) is 29.3 Å². The van der Waals surface area contributed by atoms with Crippen molar-refractivity contribution < 1.29 is 9.53 Å². The SMILES string of the molecule is N=CCCN1CCC(n2c(CC(=O)N3CCOCC3)nc3cnc4[nH]ccc4c32)CC1. The predicted octanol–water partition coefficient (Wildman–Crippen LogP) is 1.99. The first-order valence-corrected chi connectivity index (χ1v) is 11.1. The fourth-order valence-corrected chi connectivity index (χ4v) is 4.87. The zero-order valence-electron chi connectivity index (χ0n) is 17.7. The van der Waals surface area contributed by atoms with Gasteiger partial charge in [-0.3, -0.25) is 4.79 Å². The summed E-state index contributed by atoms with van der Waals surface area (Å²) in [4.78, 5) is 29.9. The number of ether oxygens (including phenoxy) is 1. The van der Waals surface area contributed by atoms with Crippen LogP contribution >= 0.6 is 0 Å². The lowest BCUT2D eigenvalue weighted by Gasteiger charge is -2.33. The second kappa shape index (κ2) is 8.76. The van der Waals surface area contributed by atoms with E-state index in [4.69, 9.17) is 15.1 Å². The number of likely N-dealkylation sites (tertiary alicyclic amines) is 1. The number of morpholine rings is 1. The number of amides is 1. The number of carbonyl (C=O) groups excluding carboxylic acids is 1. The number of rotatable bonds is 6. The number of pyridine rings is 1. The number of hydrogen-bond acceptors (Lipinski definition) is 6. The number of carbonyl (C=O) groups is 1. The maximum atomic E-state index is 13.0. The van der Waals surface area contributed by atoms with Crippen molar-refractivity contribution in [1.29, 1.82) is 5.41 Å². The summed E-state index contributed by atoms with van der Waals surface area (Å²) >= 11 is 0. The van der Waals surface area contributed by atoms with E-state index in [1.165, 1.54) is 6.21 Å². The van der Waals surface area contributed by atoms with Crippen LogP contribution in [0.4, 0.5) is 0 Å². The number of piperidine rings is 1. The van der Waals surface area contributed by atoms with Crippen LogP contribution in [0, 0.1) is 5.41 Å². The molecule has 2 saturated heterocycles. The first kappa shape index (κ1) is 20.1. The summed E-state index contributed by atoms with van der Waals surface area (Å²) in [6.07, 6.45) is 8.33. The highest BCUT2D eigenvalue weighted by molar-refractivity contribution is 6.01. The molecule has 0 aromatic carbocycles. The van der Waals surface area contributed by atoms with Crippen molar-refractivity contribution in [3.63, 3.8) is 0 Å². The van der Waals surface area contributed by atoms with E-state index in [0.29, 0.717) is 38.8 Å². The van der Waals surface area contributed by atoms with Crippen molar-refractivity contribution in [3.8, 4) is 0 Å². The molecular weight excluding hydrogens is 394 g/mol. The van der Waals surface area contributed by atoms with Crippen LogP contribution in [-0.2, 0) is 16.0 Å². The number of nitrogens with zero attached hydrogens (tertiary/aromatic N) is 5. The van der Waals surface area contributed by atoms with Crippen molar-refractivity contribution >= 4 is 34.2 Å². The number of H-pyrrole nitrogens is 1. The van der Waals surface area contributed by atoms with E-state index < -0.39 is 0 Å². The molecule has 9 heteroatoms. The fourth-order valence-electron chi connectivity index (χ4n) is 4.87. The summed E-state index contributed by atoms with van der Waals surface area (Å²) in [6, 6.07) is 2.35. The molecule has 0 bridgehead atoms. The van der Waals surface area contributed by atoms with Gasteiger partial charge in [-0.25, -0.2) is 9.97 Å². The molecule has 0 spiro atoms. The lowest BCUT2D eigenvalue weighted by atomic mass is 10.0. The lowest BCUT2D eigenvalue weighted by Crippen LogP contribution is -2.42. The Labute approximate surface area is 180 Å². The van der Waals surface area contributed by atoms with E-state index in [2.05, 4.69) is 25.5 Å². The molecule has 2 aliphatic rings. The van der Waals surface area contributed by atoms with E-state index in [1.807, 2.05) is 17.3 Å². The summed E-state index contributed by atoms with van der Waals surface area (Å²) in [7, 11) is 0. The Morgan fingerprint density at radius 1 is 1.26 bits per heavy atom. The highest BCUT2D eigenvalue weighted by Gasteiger charge is 2.28. The van der Waals surface area contributed by atoms with Gasteiger partial charge in [0.2, 0.25) is 5.91 Å². The molecule has 31 heavy (non-hydrogen) atoms. The maximum Gasteiger partial charge on any atom is 0.230 e. The highest BCUT2D eigenvalue weighted by Crippen LogP contribution is 2.32. The molecule has 9 nitrogen and oxygen atoms in total. The van der Waals surface area contributed by atoms with Gasteiger partial charge in [0, 0.05) is 50.3 Å². The van der Waals surface area contributed by atoms with Crippen LogP contribution < -0.4 is 0 Å². The van der Waals surface area contributed by atoms with Gasteiger partial charge < -0.3 is 29.5 Å². The molecule has 3 aromatic heterocycles. The van der Waals surface area contributed by atoms with Gasteiger partial charge >= 0.3 is 0 Å². The minimum atomic E-state index is 0.113. The molecule has 0 atom stereocenters. The quantitative estimate of drug-likeness (QED) is 0.590. The summed E-state index contributed by atoms with van der Waals surface area (Å²) in [6.45, 7) is 5.43. The van der Waals surface area contributed by atoms with Crippen molar-refractivity contribution in [2.45, 2.75) is 31.7 Å². The molecular formula is C22H29N7O2. The highest BCUT2D eigenvalue weighted by atomic mass is 16.5. The zero-order valence-corrected chi connectivity index (χ0v) is 17.7. The van der Waals surface area contributed by atoms with Gasteiger partial charge in [-0.1, -0.05) is 0 Å². The molecule has 0 aliphatic carbocycles. The molecule has 0 saturated carbocycles. The van der Waals surface area contributed by atoms with E-state index >= 15 is 0 Å². The normalized spacial score (nSPS) is 18.8. The molecule has 2 fully saturated rings. The monoisotopic (exact) mass is 423 g/mol. The van der Waals surface area contributed by atoms with Gasteiger partial charge in [-0.05, 0) is 31.5 Å². The number of aromatic amines is 1. The molecule has 2 aliphatic heterocycles. The first-order chi connectivity index (χ1) is 15.2. The third-order valence-electron chi connectivity index (χ3n) is 6.49. The summed E-state index contributed by atoms with van der Waals surface area (Å²) in [5.41, 5.74) is 2.78. The molecule has 3 aromatic rings. The van der Waals surface area contributed by atoms with Crippen LogP contribution in [-0.4, -0.2) is 87.4 Å². The van der Waals surface area contributed by atoms with Gasteiger partial charge in [0.1, 0.15) is 17.0 Å². The zero-order chi connectivity index (χ0) is 21.2. The largest absolute Gasteiger partial charge is 0.378 e. The van der Waals surface area contributed by atoms with E-state index in [1.54, 1.807) is 0 Å². The third-order valence-corrected chi connectivity index (χ3v) is 6.49. The molecule has 0 radical (unpaired) electrons. The Kier molecular flexibility index (Phi) is 5.69. The van der Waals surface area contributed by atoms with Crippen molar-refractivity contribution in [2.75, 3.05) is 45.9 Å². The Balaban J connectivity index is 1.48. The summed E-state index contributed by atoms with van der Waals surface area (Å²) in [5, 5.41) is 8.34. The first-order valence-electron chi connectivity index (χ1n) is 11.1. The van der Waals surface area contributed by atoms with E-state index in [9.17, 15) is 4.79 Å². The number of nitrogens with one attached hydrogen (secondary N) is 2. The second-order valence-electron chi connectivity index (χ2n) is 8.37. The molecule has 1 amide bonds. The van der Waals surface area contributed by atoms with E-state index in [-0.39, 0.29) is 5.91 Å². The lowest BCUT2D eigenvalue weighted by molar-refractivity contribution is -0.134. The standard InChI is InChI=1S/C22H29N7O2/c23-5-1-7-27-8-3-16(4-9-27)29-19(14-20(30)28-10-12-31-13-11-28)26-18-15-25-22-17(21(18)29)2-6-24-22/h2,5-6,15-16,23H,1,3-4,7-14H2,(H,24,25). The maximum absolute atomic E-state index is 13.0. The predicted molar refractivity (Wildman–Crippen MR) is 119 cm³/mol. The van der Waals surface area contributed by atoms with Crippen LogP contribution in [0.15, 0.2) is 18.5 Å². The Morgan fingerprint density at radius 2 is 2.06 bits per heavy atom. The number of hydrogen-bond donors (Lipinski definition) is 2. The van der Waals surface area contributed by atoms with Gasteiger partial charge in [0.05, 0.1) is 31.3 Å². The van der Waals surface area contributed by atoms with E-state index in [0.717, 1.165) is 66.8 Å². The molecule has 5 heterocycles. The third kappa shape index (κ3) is 3.95. The van der Waals surface area contributed by atoms with Crippen molar-refractivity contribution in [2.24, 2.45) is 0 Å². The number of aromatic nitrogens is 4. The Morgan fingerprint density at radius 3 is 2.84 bits per heavy atom. The molecule has 5 rings (SSSR count). The smallest absolute Gasteiger partial charge is 0.230 e. The summed E-state index contributed by atoms with van der Waals surface area (Å²) in [5.74, 6) is 0.946. The van der Waals surface area contributed by atoms with Crippen LogP contribution in [0.1, 0.15) is 31.1 Å². The van der Waals surface area contributed by atoms with Gasteiger partial charge in [0.15, 0.2) is 0 Å². The van der Waals surface area contributed by atoms with Gasteiger partial charge in [-0.2, -0.15) is 0 Å². The Bertz CT molecular complexity index is 1070. The molecule has 2 N–H and O–H groups in total. The molecule has 164 valence electrons. The fraction of sp³-hybridized carbons (Fsp3) is 0.545. The van der Waals surface area contributed by atoms with Crippen molar-refractivity contribution in [3.05, 3.63) is 24.3 Å². The topological polar surface area (TPSA) is 103 Å². The average molecular weight is 424 g/mol. The van der Waals surface area contributed by atoms with Crippen LogP contribution in [0.3, 0.4) is 0 Å². The van der Waals surface area contributed by atoms with Gasteiger partial charge in [-0.15, -0.1) is 0 Å². The number of imidazole rings is 1. The minimum Gasteiger partial charge on any atom is -0.378 e. The van der Waals surface area contributed by atoms with Crippen LogP contribution in [0.2, 0.25) is 0 Å². The van der Waals surface area contributed by atoms with Crippen LogP contribution in [0.5, 0.6) is 0 Å². The van der Waals surface area contributed by atoms with Crippen LogP contribution in [0.25, 0.3) is 22.1 Å². The van der Waals surface area contributed by atoms with Gasteiger partial charge in [0.25, 0.3) is 0 Å². The molecule has 0 unspecified atom stereocenters. The number of fused-ring (bicyclic) bond motifs is 3. The average Bonchev–Trinajstić information content (AvgIpc) is 3.42. The Hall–Kier alpha value is -2.78. The summed E-state index contributed by atoms with van der Waals surface area (Å²) < 4.78 is 7.72. The second-order valence-corrected chi connectivity index (χ2v) is 8.37.